The summed E-state index contributed by atoms with van der Waals surface area (Å²) in [6.45, 7) is 6.67. The van der Waals surface area contributed by atoms with Crippen molar-refractivity contribution in [3.63, 3.8) is 0 Å². The highest BCUT2D eigenvalue weighted by Crippen LogP contribution is 2.31. The quantitative estimate of drug-likeness (QED) is 0.865. The molecule has 0 saturated carbocycles. The number of halogens is 1. The molecule has 1 aromatic heterocycles. The minimum atomic E-state index is 0.272. The second-order valence-corrected chi connectivity index (χ2v) is 5.97. The molecule has 0 atom stereocenters. The smallest absolute Gasteiger partial charge is 0.132 e. The Morgan fingerprint density at radius 3 is 2.70 bits per heavy atom. The maximum Gasteiger partial charge on any atom is 0.132 e. The van der Waals surface area contributed by atoms with Gasteiger partial charge in [-0.25, -0.2) is 4.98 Å². The van der Waals surface area contributed by atoms with E-state index in [1.807, 2.05) is 29.7 Å². The first-order chi connectivity index (χ1) is 9.45. The van der Waals surface area contributed by atoms with Gasteiger partial charge in [0.25, 0.3) is 0 Å². The molecule has 1 aromatic carbocycles. The van der Waals surface area contributed by atoms with Crippen LogP contribution in [0, 0.1) is 19.3 Å². The van der Waals surface area contributed by atoms with Crippen LogP contribution >= 0.6 is 15.9 Å². The number of imidazole rings is 1. The fourth-order valence-corrected chi connectivity index (χ4v) is 2.51. The van der Waals surface area contributed by atoms with Crippen LogP contribution in [0.2, 0.25) is 0 Å². The van der Waals surface area contributed by atoms with E-state index in [2.05, 4.69) is 35.7 Å². The van der Waals surface area contributed by atoms with Crippen LogP contribution in [0.5, 0.6) is 0 Å². The number of aromatic nitrogens is 2. The molecule has 0 fully saturated rings. The van der Waals surface area contributed by atoms with Crippen LogP contribution in [-0.2, 0) is 6.54 Å². The van der Waals surface area contributed by atoms with Crippen LogP contribution in [0.3, 0.4) is 0 Å². The highest BCUT2D eigenvalue weighted by atomic mass is 79.9. The lowest BCUT2D eigenvalue weighted by Crippen LogP contribution is -2.07. The van der Waals surface area contributed by atoms with E-state index in [9.17, 15) is 0 Å². The molecule has 0 aliphatic carbocycles. The first-order valence-electron chi connectivity index (χ1n) is 6.51. The molecule has 2 rings (SSSR count). The molecule has 4 heteroatoms. The molecule has 3 nitrogen and oxygen atoms in total. The Morgan fingerprint density at radius 1 is 1.45 bits per heavy atom. The van der Waals surface area contributed by atoms with Crippen molar-refractivity contribution in [1.29, 1.82) is 0 Å². The Hall–Kier alpha value is -1.73. The molecule has 0 amide bonds. The summed E-state index contributed by atoms with van der Waals surface area (Å²) in [7, 11) is 0. The predicted octanol–water partition coefficient (Wildman–Crippen LogP) is 3.96. The summed E-state index contributed by atoms with van der Waals surface area (Å²) in [6, 6.07) is 6.12. The van der Waals surface area contributed by atoms with E-state index in [-0.39, 0.29) is 5.92 Å². The summed E-state index contributed by atoms with van der Waals surface area (Å²) < 4.78 is 2.96. The summed E-state index contributed by atoms with van der Waals surface area (Å²) >= 11 is 3.55. The lowest BCUT2D eigenvalue weighted by molar-refractivity contribution is 0.691. The Balaban J connectivity index is 2.60. The summed E-state index contributed by atoms with van der Waals surface area (Å²) in [5, 5.41) is 0. The van der Waals surface area contributed by atoms with Gasteiger partial charge in [-0.15, -0.1) is 6.42 Å². The molecule has 2 N–H and O–H groups in total. The average molecular weight is 332 g/mol. The molecule has 0 radical (unpaired) electrons. The maximum absolute atomic E-state index is 6.24. The van der Waals surface area contributed by atoms with Crippen molar-refractivity contribution in [1.82, 2.24) is 9.55 Å². The molecule has 0 aliphatic rings. The number of rotatable bonds is 3. The first kappa shape index (κ1) is 14.7. The van der Waals surface area contributed by atoms with Gasteiger partial charge >= 0.3 is 0 Å². The molecule has 20 heavy (non-hydrogen) atoms. The zero-order chi connectivity index (χ0) is 14.9. The summed E-state index contributed by atoms with van der Waals surface area (Å²) in [4.78, 5) is 4.69. The Kier molecular flexibility index (Phi) is 4.20. The average Bonchev–Trinajstić information content (AvgIpc) is 2.72. The summed E-state index contributed by atoms with van der Waals surface area (Å²) in [5.41, 5.74) is 9.21. The van der Waals surface area contributed by atoms with Gasteiger partial charge in [0.15, 0.2) is 0 Å². The summed E-state index contributed by atoms with van der Waals surface area (Å²) in [5.74, 6) is 4.46. The van der Waals surface area contributed by atoms with Crippen molar-refractivity contribution < 1.29 is 0 Å². The predicted molar refractivity (Wildman–Crippen MR) is 87.4 cm³/mol. The van der Waals surface area contributed by atoms with Crippen LogP contribution in [0.25, 0.3) is 11.3 Å². The third kappa shape index (κ3) is 2.59. The number of benzene rings is 1. The highest BCUT2D eigenvalue weighted by Gasteiger charge is 2.18. The van der Waals surface area contributed by atoms with Crippen LogP contribution in [0.15, 0.2) is 22.7 Å². The van der Waals surface area contributed by atoms with E-state index in [4.69, 9.17) is 17.1 Å². The number of aryl methyl sites for hydroxylation is 1. The highest BCUT2D eigenvalue weighted by molar-refractivity contribution is 9.10. The first-order valence-corrected chi connectivity index (χ1v) is 7.30. The number of nitrogens with zero attached hydrogens (tertiary/aromatic N) is 2. The lowest BCUT2D eigenvalue weighted by atomic mass is 10.1. The lowest BCUT2D eigenvalue weighted by Gasteiger charge is -2.08. The number of hydrogen-bond acceptors (Lipinski definition) is 2. The van der Waals surface area contributed by atoms with Crippen molar-refractivity contribution in [2.24, 2.45) is 0 Å². The largest absolute Gasteiger partial charge is 0.383 e. The van der Waals surface area contributed by atoms with Gasteiger partial charge in [0, 0.05) is 16.0 Å². The van der Waals surface area contributed by atoms with Crippen LogP contribution < -0.4 is 5.73 Å². The Morgan fingerprint density at radius 2 is 2.15 bits per heavy atom. The fraction of sp³-hybridized carbons (Fsp3) is 0.312. The van der Waals surface area contributed by atoms with Gasteiger partial charge in [0.2, 0.25) is 0 Å². The van der Waals surface area contributed by atoms with E-state index in [1.165, 1.54) is 5.56 Å². The third-order valence-electron chi connectivity index (χ3n) is 3.25. The molecule has 1 heterocycles. The van der Waals surface area contributed by atoms with Crippen molar-refractivity contribution in [2.75, 3.05) is 5.73 Å². The number of terminal acetylenes is 1. The maximum atomic E-state index is 6.24. The van der Waals surface area contributed by atoms with Gasteiger partial charge in [0.05, 0.1) is 6.54 Å². The third-order valence-corrected chi connectivity index (χ3v) is 4.10. The van der Waals surface area contributed by atoms with Gasteiger partial charge in [0.1, 0.15) is 17.3 Å². The fourth-order valence-electron chi connectivity index (χ4n) is 2.13. The topological polar surface area (TPSA) is 43.8 Å². The molecule has 0 saturated heterocycles. The van der Waals surface area contributed by atoms with E-state index >= 15 is 0 Å². The van der Waals surface area contributed by atoms with Crippen LogP contribution in [-0.4, -0.2) is 9.55 Å². The molecule has 0 spiro atoms. The van der Waals surface area contributed by atoms with E-state index in [0.29, 0.717) is 12.4 Å². The Labute approximate surface area is 128 Å². The monoisotopic (exact) mass is 331 g/mol. The molecule has 2 aromatic rings. The minimum absolute atomic E-state index is 0.272. The zero-order valence-electron chi connectivity index (χ0n) is 11.9. The van der Waals surface area contributed by atoms with Gasteiger partial charge in [-0.2, -0.15) is 0 Å². The SMILES string of the molecule is C#CCn1c(C(C)C)nc(-c2ccc(C)c(Br)c2)c1N. The van der Waals surface area contributed by atoms with E-state index in [0.717, 1.165) is 21.6 Å². The molecule has 0 bridgehead atoms. The number of nitrogens with two attached hydrogens (primary N) is 1. The van der Waals surface area contributed by atoms with Crippen LogP contribution in [0.4, 0.5) is 5.82 Å². The van der Waals surface area contributed by atoms with Gasteiger partial charge in [-0.3, -0.25) is 0 Å². The molecule has 104 valence electrons. The minimum Gasteiger partial charge on any atom is -0.383 e. The van der Waals surface area contributed by atoms with E-state index in [1.54, 1.807) is 0 Å². The second kappa shape index (κ2) is 5.72. The normalized spacial score (nSPS) is 10.8. The number of anilines is 1. The Bertz CT molecular complexity index is 678. The van der Waals surface area contributed by atoms with Gasteiger partial charge in [-0.05, 0) is 18.6 Å². The van der Waals surface area contributed by atoms with Crippen molar-refractivity contribution in [2.45, 2.75) is 33.2 Å². The number of nitrogen functional groups attached to an aromatic ring is 1. The van der Waals surface area contributed by atoms with Gasteiger partial charge in [-0.1, -0.05) is 47.8 Å². The zero-order valence-corrected chi connectivity index (χ0v) is 13.5. The standard InChI is InChI=1S/C16H18BrN3/c1-5-8-20-15(18)14(19-16(20)10(2)3)12-7-6-11(4)13(17)9-12/h1,6-7,9-10H,8,18H2,2-4H3. The van der Waals surface area contributed by atoms with E-state index < -0.39 is 0 Å². The van der Waals surface area contributed by atoms with Gasteiger partial charge < -0.3 is 10.3 Å². The van der Waals surface area contributed by atoms with Crippen LogP contribution in [0.1, 0.15) is 31.2 Å². The van der Waals surface area contributed by atoms with Crippen molar-refractivity contribution >= 4 is 21.7 Å². The molecular weight excluding hydrogens is 314 g/mol. The van der Waals surface area contributed by atoms with Crippen molar-refractivity contribution in [3.8, 4) is 23.6 Å². The molecule has 0 aliphatic heterocycles. The second-order valence-electron chi connectivity index (χ2n) is 5.11. The number of hydrogen-bond donors (Lipinski definition) is 1. The van der Waals surface area contributed by atoms with Crippen molar-refractivity contribution in [3.05, 3.63) is 34.1 Å². The summed E-state index contributed by atoms with van der Waals surface area (Å²) in [6.07, 6.45) is 5.43. The molecular formula is C16H18BrN3. The molecule has 0 unspecified atom stereocenters.